The van der Waals surface area contributed by atoms with Gasteiger partial charge in [0.1, 0.15) is 0 Å². The summed E-state index contributed by atoms with van der Waals surface area (Å²) in [6.45, 7) is 7.84. The monoisotopic (exact) mass is 593 g/mol. The molecule has 1 aromatic heterocycles. The minimum absolute atomic E-state index is 0.610. The summed E-state index contributed by atoms with van der Waals surface area (Å²) >= 11 is 1.75. The van der Waals surface area contributed by atoms with Crippen molar-refractivity contribution < 1.29 is 13.3 Å². The van der Waals surface area contributed by atoms with Gasteiger partial charge in [-0.2, -0.15) is 0 Å². The molecule has 0 bridgehead atoms. The predicted molar refractivity (Wildman–Crippen MR) is 157 cm³/mol. The van der Waals surface area contributed by atoms with Crippen LogP contribution in [0.5, 0.6) is 0 Å². The number of hydrogen-bond donors (Lipinski definition) is 0. The van der Waals surface area contributed by atoms with E-state index in [1.807, 2.05) is 26.8 Å². The maximum atomic E-state index is 6.02. The van der Waals surface area contributed by atoms with Gasteiger partial charge in [0, 0.05) is 30.8 Å². The first-order chi connectivity index (χ1) is 16.2. The van der Waals surface area contributed by atoms with Crippen molar-refractivity contribution in [3.05, 3.63) is 54.1 Å². The van der Waals surface area contributed by atoms with Gasteiger partial charge in [0.2, 0.25) is 0 Å². The molecule has 0 fully saturated rings. The predicted octanol–water partition coefficient (Wildman–Crippen LogP) is 9.28. The fraction of sp³-hybridized carbons (Fsp3) is 0.381. The SMILES string of the molecule is CCO[Si](CCc1ccccc1SSSSSSc1nc2ccccc2s1)(OCC)OCC. The summed E-state index contributed by atoms with van der Waals surface area (Å²) in [5, 5.41) is 0. The Bertz CT molecular complexity index is 928. The lowest BCUT2D eigenvalue weighted by Gasteiger charge is -2.28. The molecule has 0 N–H and O–H groups in total. The van der Waals surface area contributed by atoms with E-state index >= 15 is 0 Å². The van der Waals surface area contributed by atoms with Crippen molar-refractivity contribution in [3.63, 3.8) is 0 Å². The van der Waals surface area contributed by atoms with Crippen LogP contribution in [0, 0.1) is 0 Å². The number of rotatable bonds is 16. The second kappa shape index (κ2) is 15.6. The van der Waals surface area contributed by atoms with Crippen LogP contribution in [0.15, 0.2) is 57.8 Å². The summed E-state index contributed by atoms with van der Waals surface area (Å²) in [6, 6.07) is 17.7. The third-order valence-electron chi connectivity index (χ3n) is 4.35. The highest BCUT2D eigenvalue weighted by atomic mass is 33.9. The molecule has 0 saturated carbocycles. The summed E-state index contributed by atoms with van der Waals surface area (Å²) in [4.78, 5) is 5.95. The van der Waals surface area contributed by atoms with Crippen LogP contribution >= 0.6 is 72.2 Å². The van der Waals surface area contributed by atoms with Gasteiger partial charge in [-0.05, 0) is 112 Å². The van der Waals surface area contributed by atoms with Crippen LogP contribution in [0.3, 0.4) is 0 Å². The summed E-state index contributed by atoms with van der Waals surface area (Å²) in [5.41, 5.74) is 2.39. The normalized spacial score (nSPS) is 12.0. The molecular weight excluding hydrogens is 567 g/mol. The summed E-state index contributed by atoms with van der Waals surface area (Å²) in [7, 11) is 8.00. The van der Waals surface area contributed by atoms with E-state index in [4.69, 9.17) is 13.3 Å². The lowest BCUT2D eigenvalue weighted by molar-refractivity contribution is 0.0714. The summed E-state index contributed by atoms with van der Waals surface area (Å²) in [6.07, 6.45) is 0.885. The number of fused-ring (bicyclic) bond motifs is 1. The van der Waals surface area contributed by atoms with E-state index in [1.54, 1.807) is 72.2 Å². The second-order valence-electron chi connectivity index (χ2n) is 6.48. The van der Waals surface area contributed by atoms with Gasteiger partial charge in [-0.15, -0.1) is 11.3 Å². The van der Waals surface area contributed by atoms with E-state index in [-0.39, 0.29) is 0 Å². The van der Waals surface area contributed by atoms with Crippen molar-refractivity contribution >= 4 is 91.2 Å². The minimum atomic E-state index is -2.63. The third kappa shape index (κ3) is 9.16. The van der Waals surface area contributed by atoms with Gasteiger partial charge in [-0.1, -0.05) is 30.3 Å². The second-order valence-corrected chi connectivity index (χ2v) is 19.7. The standard InChI is InChI=1S/C21H27NO3S7Si/c1-4-23-33(24-5-2,25-6-3)16-15-17-11-7-9-13-19(17)27-29-31-32-30-28-21-22-18-12-8-10-14-20(18)26-21/h7-14H,4-6,15-16H2,1-3H3. The van der Waals surface area contributed by atoms with Gasteiger partial charge in [-0.3, -0.25) is 0 Å². The average Bonchev–Trinajstić information content (AvgIpc) is 3.24. The largest absolute Gasteiger partial charge is 0.501 e. The highest BCUT2D eigenvalue weighted by molar-refractivity contribution is 9.41. The number of nitrogens with zero attached hydrogens (tertiary/aromatic N) is 1. The molecule has 0 radical (unpaired) electrons. The van der Waals surface area contributed by atoms with Gasteiger partial charge < -0.3 is 13.3 Å². The molecule has 0 saturated heterocycles. The molecule has 3 rings (SSSR count). The summed E-state index contributed by atoms with van der Waals surface area (Å²) < 4.78 is 20.4. The zero-order valence-corrected chi connectivity index (χ0v) is 25.4. The van der Waals surface area contributed by atoms with E-state index in [2.05, 4.69) is 47.4 Å². The smallest absolute Gasteiger partial charge is 0.374 e. The van der Waals surface area contributed by atoms with Crippen LogP contribution in [0.4, 0.5) is 0 Å². The maximum Gasteiger partial charge on any atom is 0.501 e. The van der Waals surface area contributed by atoms with E-state index in [1.165, 1.54) is 15.2 Å². The van der Waals surface area contributed by atoms with Crippen molar-refractivity contribution in [2.45, 2.75) is 42.5 Å². The van der Waals surface area contributed by atoms with Crippen molar-refractivity contribution in [1.29, 1.82) is 0 Å². The van der Waals surface area contributed by atoms with Crippen LogP contribution in [0.1, 0.15) is 26.3 Å². The molecule has 12 heteroatoms. The lowest BCUT2D eigenvalue weighted by Crippen LogP contribution is -2.46. The Kier molecular flexibility index (Phi) is 13.3. The fourth-order valence-electron chi connectivity index (χ4n) is 3.08. The zero-order chi connectivity index (χ0) is 23.4. The Morgan fingerprint density at radius 3 is 2.12 bits per heavy atom. The number of thiazole rings is 1. The fourth-order valence-corrected chi connectivity index (χ4v) is 18.4. The van der Waals surface area contributed by atoms with Crippen molar-refractivity contribution in [2.24, 2.45) is 0 Å². The molecule has 0 unspecified atom stereocenters. The molecule has 33 heavy (non-hydrogen) atoms. The quantitative estimate of drug-likeness (QED) is 0.0911. The lowest BCUT2D eigenvalue weighted by atomic mass is 10.2. The average molecular weight is 594 g/mol. The van der Waals surface area contributed by atoms with Gasteiger partial charge >= 0.3 is 8.80 Å². The molecule has 0 amide bonds. The maximum absolute atomic E-state index is 6.02. The molecule has 2 aromatic carbocycles. The van der Waals surface area contributed by atoms with Gasteiger partial charge in [0.05, 0.1) is 10.2 Å². The highest BCUT2D eigenvalue weighted by Crippen LogP contribution is 2.56. The molecule has 0 spiro atoms. The Hall–Kier alpha value is 0.527. The van der Waals surface area contributed by atoms with Gasteiger partial charge in [-0.25, -0.2) is 4.98 Å². The first kappa shape index (κ1) is 28.1. The van der Waals surface area contributed by atoms with Crippen molar-refractivity contribution in [1.82, 2.24) is 4.98 Å². The van der Waals surface area contributed by atoms with Crippen LogP contribution in [-0.2, 0) is 19.7 Å². The summed E-state index contributed by atoms with van der Waals surface area (Å²) in [5.74, 6) is 0. The Labute approximate surface area is 224 Å². The molecule has 0 aliphatic heterocycles. The Morgan fingerprint density at radius 2 is 1.42 bits per heavy atom. The van der Waals surface area contributed by atoms with Crippen LogP contribution in [0.25, 0.3) is 10.2 Å². The molecule has 1 heterocycles. The molecule has 4 nitrogen and oxygen atoms in total. The van der Waals surface area contributed by atoms with Gasteiger partial charge in [0.15, 0.2) is 4.34 Å². The van der Waals surface area contributed by atoms with Gasteiger partial charge in [0.25, 0.3) is 0 Å². The minimum Gasteiger partial charge on any atom is -0.374 e. The number of benzene rings is 2. The van der Waals surface area contributed by atoms with Crippen LogP contribution in [-0.4, -0.2) is 33.6 Å². The molecule has 0 aliphatic carbocycles. The topological polar surface area (TPSA) is 40.6 Å². The molecule has 0 aliphatic rings. The number of hydrogen-bond acceptors (Lipinski definition) is 11. The van der Waals surface area contributed by atoms with E-state index in [0.29, 0.717) is 19.8 Å². The molecule has 180 valence electrons. The number of aryl methyl sites for hydroxylation is 1. The number of aromatic nitrogens is 1. The van der Waals surface area contributed by atoms with Crippen molar-refractivity contribution in [3.8, 4) is 0 Å². The Morgan fingerprint density at radius 1 is 0.788 bits per heavy atom. The van der Waals surface area contributed by atoms with E-state index in [9.17, 15) is 0 Å². The highest BCUT2D eigenvalue weighted by Gasteiger charge is 2.40. The van der Waals surface area contributed by atoms with E-state index in [0.717, 1.165) is 22.3 Å². The number of para-hydroxylation sites is 1. The van der Waals surface area contributed by atoms with E-state index < -0.39 is 8.80 Å². The zero-order valence-electron chi connectivity index (χ0n) is 18.7. The van der Waals surface area contributed by atoms with Crippen molar-refractivity contribution in [2.75, 3.05) is 19.8 Å². The van der Waals surface area contributed by atoms with Crippen LogP contribution in [0.2, 0.25) is 6.04 Å². The molecule has 3 aromatic rings. The Balaban J connectivity index is 1.44. The van der Waals surface area contributed by atoms with Crippen LogP contribution < -0.4 is 0 Å². The molecule has 0 atom stereocenters. The first-order valence-corrected chi connectivity index (χ1v) is 20.8. The molecular formula is C21H27NO3S7Si. The third-order valence-corrected chi connectivity index (χ3v) is 19.3. The first-order valence-electron chi connectivity index (χ1n) is 10.6.